The first-order valence-corrected chi connectivity index (χ1v) is 7.53. The van der Waals surface area contributed by atoms with Crippen LogP contribution in [0.3, 0.4) is 0 Å². The molecule has 0 saturated carbocycles. The molecule has 6 heteroatoms. The molecular weight excluding hydrogens is 350 g/mol. The number of amides is 1. The number of carbonyl (C=O) groups excluding carboxylic acids is 1. The normalized spacial score (nSPS) is 12.0. The molecule has 1 atom stereocenters. The van der Waals surface area contributed by atoms with Crippen LogP contribution in [0.2, 0.25) is 0 Å². The smallest absolute Gasteiger partial charge is 0.339 e. The summed E-state index contributed by atoms with van der Waals surface area (Å²) in [5.74, 6) is -0.734. The Hall–Kier alpha value is -2.08. The fraction of sp³-hybridized carbons (Fsp3) is 0.250. The van der Waals surface area contributed by atoms with Gasteiger partial charge in [0, 0.05) is 4.47 Å². The van der Waals surface area contributed by atoms with Gasteiger partial charge < -0.3 is 14.8 Å². The fourth-order valence-electron chi connectivity index (χ4n) is 2.07. The molecule has 0 aliphatic heterocycles. The van der Waals surface area contributed by atoms with E-state index < -0.39 is 5.97 Å². The van der Waals surface area contributed by atoms with Crippen LogP contribution in [0.4, 0.5) is 0 Å². The van der Waals surface area contributed by atoms with Crippen molar-refractivity contribution in [3.05, 3.63) is 57.5 Å². The van der Waals surface area contributed by atoms with Gasteiger partial charge in [0.2, 0.25) is 5.91 Å². The maximum Gasteiger partial charge on any atom is 0.339 e. The summed E-state index contributed by atoms with van der Waals surface area (Å²) in [6.45, 7) is 3.56. The second-order valence-electron chi connectivity index (χ2n) is 4.98. The third kappa shape index (κ3) is 3.76. The molecule has 2 rings (SSSR count). The zero-order valence-corrected chi connectivity index (χ0v) is 13.8. The largest absolute Gasteiger partial charge is 0.478 e. The first-order chi connectivity index (χ1) is 10.4. The molecule has 0 bridgehead atoms. The molecule has 5 nitrogen and oxygen atoms in total. The molecule has 0 spiro atoms. The number of carbonyl (C=O) groups is 2. The summed E-state index contributed by atoms with van der Waals surface area (Å²) in [5, 5.41) is 11.7. The quantitative estimate of drug-likeness (QED) is 0.849. The number of carboxylic acid groups (broad SMARTS) is 1. The van der Waals surface area contributed by atoms with Gasteiger partial charge in [-0.3, -0.25) is 4.79 Å². The molecule has 1 aromatic carbocycles. The lowest BCUT2D eigenvalue weighted by atomic mass is 10.0. The van der Waals surface area contributed by atoms with Crippen LogP contribution in [0.5, 0.6) is 0 Å². The Morgan fingerprint density at radius 2 is 1.95 bits per heavy atom. The number of benzene rings is 1. The Labute approximate surface area is 136 Å². The summed E-state index contributed by atoms with van der Waals surface area (Å²) >= 11 is 3.35. The van der Waals surface area contributed by atoms with E-state index in [1.165, 1.54) is 6.07 Å². The predicted octanol–water partition coefficient (Wildman–Crippen LogP) is 3.47. The molecule has 2 N–H and O–H groups in total. The number of aromatic carboxylic acids is 1. The molecule has 1 aromatic heterocycles. The average Bonchev–Trinajstić information content (AvgIpc) is 2.86. The fourth-order valence-corrected chi connectivity index (χ4v) is 2.34. The van der Waals surface area contributed by atoms with Gasteiger partial charge in [-0.05, 0) is 37.6 Å². The van der Waals surface area contributed by atoms with Crippen molar-refractivity contribution >= 4 is 27.8 Å². The molecule has 0 radical (unpaired) electrons. The lowest BCUT2D eigenvalue weighted by Gasteiger charge is -2.12. The van der Waals surface area contributed by atoms with E-state index in [1.807, 2.05) is 31.2 Å². The van der Waals surface area contributed by atoms with E-state index in [2.05, 4.69) is 21.2 Å². The van der Waals surface area contributed by atoms with Crippen LogP contribution in [-0.2, 0) is 11.3 Å². The number of furan rings is 1. The number of nitrogens with one attached hydrogen (secondary N) is 1. The molecule has 0 aliphatic rings. The lowest BCUT2D eigenvalue weighted by Crippen LogP contribution is -2.27. The highest BCUT2D eigenvalue weighted by atomic mass is 79.9. The van der Waals surface area contributed by atoms with Crippen molar-refractivity contribution in [3.8, 4) is 0 Å². The van der Waals surface area contributed by atoms with Gasteiger partial charge in [0.1, 0.15) is 17.1 Å². The van der Waals surface area contributed by atoms with E-state index >= 15 is 0 Å². The van der Waals surface area contributed by atoms with Crippen molar-refractivity contribution in [1.29, 1.82) is 0 Å². The van der Waals surface area contributed by atoms with Crippen molar-refractivity contribution in [2.24, 2.45) is 0 Å². The van der Waals surface area contributed by atoms with Gasteiger partial charge in [-0.25, -0.2) is 4.79 Å². The van der Waals surface area contributed by atoms with Crippen molar-refractivity contribution in [3.63, 3.8) is 0 Å². The molecule has 116 valence electrons. The average molecular weight is 366 g/mol. The van der Waals surface area contributed by atoms with Gasteiger partial charge in [-0.15, -0.1) is 0 Å². The molecule has 1 heterocycles. The van der Waals surface area contributed by atoms with Crippen molar-refractivity contribution in [2.75, 3.05) is 0 Å². The highest BCUT2D eigenvalue weighted by Gasteiger charge is 2.17. The summed E-state index contributed by atoms with van der Waals surface area (Å²) in [6.07, 6.45) is 0. The minimum Gasteiger partial charge on any atom is -0.478 e. The topological polar surface area (TPSA) is 79.5 Å². The molecule has 1 unspecified atom stereocenters. The van der Waals surface area contributed by atoms with Gasteiger partial charge in [0.15, 0.2) is 0 Å². The first-order valence-electron chi connectivity index (χ1n) is 6.74. The maximum atomic E-state index is 12.1. The predicted molar refractivity (Wildman–Crippen MR) is 84.8 cm³/mol. The summed E-state index contributed by atoms with van der Waals surface area (Å²) in [6, 6.07) is 8.96. The SMILES string of the molecule is Cc1oc(CNC(=O)C(C)c2ccc(Br)cc2)cc1C(=O)O. The van der Waals surface area contributed by atoms with E-state index in [0.29, 0.717) is 11.5 Å². The Balaban J connectivity index is 1.99. The standard InChI is InChI=1S/C16H16BrNO4/c1-9(11-3-5-12(17)6-4-11)15(19)18-8-13-7-14(16(20)21)10(2)22-13/h3-7,9H,8H2,1-2H3,(H,18,19)(H,20,21). The summed E-state index contributed by atoms with van der Waals surface area (Å²) in [5.41, 5.74) is 1.02. The molecule has 0 saturated heterocycles. The first kappa shape index (κ1) is 16.3. The van der Waals surface area contributed by atoms with Crippen LogP contribution in [-0.4, -0.2) is 17.0 Å². The Kier molecular flexibility index (Phi) is 5.03. The van der Waals surface area contributed by atoms with Crippen LogP contribution >= 0.6 is 15.9 Å². The third-order valence-electron chi connectivity index (χ3n) is 3.40. The van der Waals surface area contributed by atoms with Gasteiger partial charge in [-0.1, -0.05) is 28.1 Å². The zero-order chi connectivity index (χ0) is 16.3. The summed E-state index contributed by atoms with van der Waals surface area (Å²) in [7, 11) is 0. The van der Waals surface area contributed by atoms with Crippen LogP contribution in [0.15, 0.2) is 39.2 Å². The van der Waals surface area contributed by atoms with E-state index in [9.17, 15) is 9.59 Å². The van der Waals surface area contributed by atoms with Crippen molar-refractivity contribution in [1.82, 2.24) is 5.32 Å². The van der Waals surface area contributed by atoms with Crippen LogP contribution in [0.25, 0.3) is 0 Å². The molecule has 0 fully saturated rings. The summed E-state index contributed by atoms with van der Waals surface area (Å²) < 4.78 is 6.28. The third-order valence-corrected chi connectivity index (χ3v) is 3.93. The maximum absolute atomic E-state index is 12.1. The van der Waals surface area contributed by atoms with Crippen LogP contribution in [0, 0.1) is 6.92 Å². The van der Waals surface area contributed by atoms with E-state index in [-0.39, 0.29) is 23.9 Å². The Morgan fingerprint density at radius 3 is 2.50 bits per heavy atom. The molecule has 0 aliphatic carbocycles. The second kappa shape index (κ2) is 6.79. The number of halogens is 1. The summed E-state index contributed by atoms with van der Waals surface area (Å²) in [4.78, 5) is 23.1. The minimum absolute atomic E-state index is 0.116. The highest BCUT2D eigenvalue weighted by Crippen LogP contribution is 2.19. The zero-order valence-electron chi connectivity index (χ0n) is 12.2. The second-order valence-corrected chi connectivity index (χ2v) is 5.89. The number of aryl methyl sites for hydroxylation is 1. The minimum atomic E-state index is -1.04. The number of hydrogen-bond donors (Lipinski definition) is 2. The van der Waals surface area contributed by atoms with Gasteiger partial charge in [0.25, 0.3) is 0 Å². The number of hydrogen-bond acceptors (Lipinski definition) is 3. The van der Waals surface area contributed by atoms with Crippen molar-refractivity contribution in [2.45, 2.75) is 26.3 Å². The van der Waals surface area contributed by atoms with Gasteiger partial charge in [-0.2, -0.15) is 0 Å². The van der Waals surface area contributed by atoms with Crippen LogP contribution < -0.4 is 5.32 Å². The van der Waals surface area contributed by atoms with Crippen molar-refractivity contribution < 1.29 is 19.1 Å². The Morgan fingerprint density at radius 1 is 1.32 bits per heavy atom. The van der Waals surface area contributed by atoms with E-state index in [1.54, 1.807) is 6.92 Å². The number of carboxylic acids is 1. The monoisotopic (exact) mass is 365 g/mol. The van der Waals surface area contributed by atoms with E-state index in [0.717, 1.165) is 10.0 Å². The highest BCUT2D eigenvalue weighted by molar-refractivity contribution is 9.10. The molecular formula is C16H16BrNO4. The van der Waals surface area contributed by atoms with E-state index in [4.69, 9.17) is 9.52 Å². The van der Waals surface area contributed by atoms with Gasteiger partial charge in [0.05, 0.1) is 12.5 Å². The lowest BCUT2D eigenvalue weighted by molar-refractivity contribution is -0.122. The molecule has 22 heavy (non-hydrogen) atoms. The Bertz CT molecular complexity index is 691. The molecule has 1 amide bonds. The molecule has 2 aromatic rings. The van der Waals surface area contributed by atoms with Crippen LogP contribution in [0.1, 0.15) is 40.3 Å². The number of rotatable bonds is 5. The van der Waals surface area contributed by atoms with Gasteiger partial charge >= 0.3 is 5.97 Å².